The molecule has 0 spiro atoms. The molecule has 152 valence electrons. The van der Waals surface area contributed by atoms with Crippen molar-refractivity contribution < 1.29 is 9.59 Å². The number of carbonyl (C=O) groups excluding carboxylic acids is 2. The molecule has 1 aromatic rings. The molecule has 1 atom stereocenters. The highest BCUT2D eigenvalue weighted by molar-refractivity contribution is 5.88. The Balaban J connectivity index is 0.00000364. The van der Waals surface area contributed by atoms with E-state index in [2.05, 4.69) is 17.6 Å². The predicted octanol–water partition coefficient (Wildman–Crippen LogP) is 2.64. The van der Waals surface area contributed by atoms with E-state index in [9.17, 15) is 9.59 Å². The summed E-state index contributed by atoms with van der Waals surface area (Å²) in [5.41, 5.74) is 0.962. The Morgan fingerprint density at radius 3 is 2.33 bits per heavy atom. The molecule has 0 aliphatic carbocycles. The second-order valence-electron chi connectivity index (χ2n) is 7.53. The molecule has 0 aromatic heterocycles. The van der Waals surface area contributed by atoms with Gasteiger partial charge < -0.3 is 15.5 Å². The zero-order valence-electron chi connectivity index (χ0n) is 16.7. The summed E-state index contributed by atoms with van der Waals surface area (Å²) in [4.78, 5) is 27.3. The molecule has 1 aliphatic heterocycles. The number of likely N-dealkylation sites (tertiary alicyclic amines) is 1. The largest absolute Gasteiger partial charge is 0.344 e. The number of amides is 2. The molecule has 1 aromatic carbocycles. The highest BCUT2D eigenvalue weighted by Gasteiger charge is 2.31. The highest BCUT2D eigenvalue weighted by Crippen LogP contribution is 2.18. The molecule has 0 bridgehead atoms. The van der Waals surface area contributed by atoms with Crippen molar-refractivity contribution in [3.8, 4) is 0 Å². The van der Waals surface area contributed by atoms with E-state index in [1.54, 1.807) is 0 Å². The van der Waals surface area contributed by atoms with E-state index in [0.29, 0.717) is 12.3 Å². The Bertz CT molecular complexity index is 572. The van der Waals surface area contributed by atoms with Gasteiger partial charge in [0.2, 0.25) is 11.8 Å². The van der Waals surface area contributed by atoms with Crippen LogP contribution in [-0.2, 0) is 16.0 Å². The van der Waals surface area contributed by atoms with Crippen molar-refractivity contribution >= 4 is 24.2 Å². The van der Waals surface area contributed by atoms with E-state index in [0.717, 1.165) is 44.6 Å². The van der Waals surface area contributed by atoms with Gasteiger partial charge >= 0.3 is 0 Å². The minimum absolute atomic E-state index is 0. The van der Waals surface area contributed by atoms with Gasteiger partial charge in [0.25, 0.3) is 0 Å². The van der Waals surface area contributed by atoms with Crippen LogP contribution in [-0.4, -0.2) is 48.9 Å². The lowest BCUT2D eigenvalue weighted by Crippen LogP contribution is -2.53. The smallest absolute Gasteiger partial charge is 0.245 e. The summed E-state index contributed by atoms with van der Waals surface area (Å²) in [5, 5.41) is 6.36. The Labute approximate surface area is 169 Å². The van der Waals surface area contributed by atoms with Crippen LogP contribution in [0.3, 0.4) is 0 Å². The van der Waals surface area contributed by atoms with Gasteiger partial charge in [-0.2, -0.15) is 0 Å². The van der Waals surface area contributed by atoms with Crippen LogP contribution in [0.4, 0.5) is 0 Å². The molecule has 2 N–H and O–H groups in total. The van der Waals surface area contributed by atoms with E-state index in [4.69, 9.17) is 0 Å². The summed E-state index contributed by atoms with van der Waals surface area (Å²) < 4.78 is 0. The van der Waals surface area contributed by atoms with Crippen molar-refractivity contribution in [2.75, 3.05) is 26.2 Å². The maximum absolute atomic E-state index is 12.9. The first-order valence-electron chi connectivity index (χ1n) is 9.84. The molecule has 1 saturated heterocycles. The van der Waals surface area contributed by atoms with Gasteiger partial charge in [0.05, 0.1) is 6.42 Å². The zero-order valence-corrected chi connectivity index (χ0v) is 17.6. The molecule has 2 amide bonds. The zero-order chi connectivity index (χ0) is 18.9. The average molecular weight is 396 g/mol. The van der Waals surface area contributed by atoms with Crippen LogP contribution in [0.25, 0.3) is 0 Å². The second kappa shape index (κ2) is 12.0. The van der Waals surface area contributed by atoms with Gasteiger partial charge in [0.1, 0.15) is 6.04 Å². The van der Waals surface area contributed by atoms with Crippen LogP contribution >= 0.6 is 12.4 Å². The molecule has 1 fully saturated rings. The van der Waals surface area contributed by atoms with Crippen LogP contribution in [0.5, 0.6) is 0 Å². The number of halogens is 1. The minimum Gasteiger partial charge on any atom is -0.344 e. The third kappa shape index (κ3) is 7.51. The second-order valence-corrected chi connectivity index (χ2v) is 7.53. The van der Waals surface area contributed by atoms with E-state index in [1.807, 2.05) is 49.1 Å². The number of benzene rings is 1. The number of nitrogens with one attached hydrogen (secondary N) is 2. The van der Waals surface area contributed by atoms with Crippen LogP contribution in [0.15, 0.2) is 30.3 Å². The number of carbonyl (C=O) groups is 2. The standard InChI is InChI=1S/C21H33N3O2.ClH/c1-4-22-15-18-10-12-24(13-11-18)21(26)20(16(2)3)23-19(25)14-17-8-6-5-7-9-17;/h5-9,16,18,20,22H,4,10-15H2,1-3H3,(H,23,25);1H. The van der Waals surface area contributed by atoms with Crippen molar-refractivity contribution in [1.82, 2.24) is 15.5 Å². The third-order valence-electron chi connectivity index (χ3n) is 5.07. The average Bonchev–Trinajstić information content (AvgIpc) is 2.65. The summed E-state index contributed by atoms with van der Waals surface area (Å²) in [6.45, 7) is 9.68. The maximum atomic E-state index is 12.9. The first kappa shape index (κ1) is 23.4. The number of piperidine rings is 1. The van der Waals surface area contributed by atoms with Crippen molar-refractivity contribution in [3.05, 3.63) is 35.9 Å². The molecule has 5 nitrogen and oxygen atoms in total. The van der Waals surface area contributed by atoms with Crippen LogP contribution in [0.1, 0.15) is 39.2 Å². The molecular weight excluding hydrogens is 362 g/mol. The molecule has 0 radical (unpaired) electrons. The lowest BCUT2D eigenvalue weighted by Gasteiger charge is -2.35. The van der Waals surface area contributed by atoms with Crippen molar-refractivity contribution in [1.29, 1.82) is 0 Å². The quantitative estimate of drug-likeness (QED) is 0.711. The lowest BCUT2D eigenvalue weighted by atomic mass is 9.95. The minimum atomic E-state index is -0.448. The van der Waals surface area contributed by atoms with E-state index < -0.39 is 6.04 Å². The first-order valence-corrected chi connectivity index (χ1v) is 9.84. The summed E-state index contributed by atoms with van der Waals surface area (Å²) in [6, 6.07) is 9.19. The fourth-order valence-electron chi connectivity index (χ4n) is 3.42. The topological polar surface area (TPSA) is 61.4 Å². The third-order valence-corrected chi connectivity index (χ3v) is 5.07. The normalized spacial score (nSPS) is 15.9. The number of hydrogen-bond acceptors (Lipinski definition) is 3. The SMILES string of the molecule is CCNCC1CCN(C(=O)C(NC(=O)Cc2ccccc2)C(C)C)CC1.Cl. The van der Waals surface area contributed by atoms with Crippen molar-refractivity contribution in [3.63, 3.8) is 0 Å². The molecule has 27 heavy (non-hydrogen) atoms. The lowest BCUT2D eigenvalue weighted by molar-refractivity contribution is -0.138. The Morgan fingerprint density at radius 2 is 1.78 bits per heavy atom. The fraction of sp³-hybridized carbons (Fsp3) is 0.619. The van der Waals surface area contributed by atoms with E-state index >= 15 is 0 Å². The maximum Gasteiger partial charge on any atom is 0.245 e. The van der Waals surface area contributed by atoms with Gasteiger partial charge in [0, 0.05) is 13.1 Å². The monoisotopic (exact) mass is 395 g/mol. The van der Waals surface area contributed by atoms with Crippen LogP contribution in [0.2, 0.25) is 0 Å². The molecule has 1 aliphatic rings. The van der Waals surface area contributed by atoms with Crippen molar-refractivity contribution in [2.45, 2.75) is 46.1 Å². The first-order chi connectivity index (χ1) is 12.5. The summed E-state index contributed by atoms with van der Waals surface area (Å²) in [5.74, 6) is 0.680. The van der Waals surface area contributed by atoms with Gasteiger partial charge in [-0.1, -0.05) is 51.1 Å². The molecule has 1 unspecified atom stereocenters. The van der Waals surface area contributed by atoms with Gasteiger partial charge in [-0.25, -0.2) is 0 Å². The van der Waals surface area contributed by atoms with Crippen LogP contribution < -0.4 is 10.6 Å². The molecule has 6 heteroatoms. The molecule has 1 heterocycles. The summed E-state index contributed by atoms with van der Waals surface area (Å²) in [7, 11) is 0. The van der Waals surface area contributed by atoms with Crippen LogP contribution in [0, 0.1) is 11.8 Å². The summed E-state index contributed by atoms with van der Waals surface area (Å²) in [6.07, 6.45) is 2.37. The Hall–Kier alpha value is -1.59. The summed E-state index contributed by atoms with van der Waals surface area (Å²) >= 11 is 0. The highest BCUT2D eigenvalue weighted by atomic mass is 35.5. The number of nitrogens with zero attached hydrogens (tertiary/aromatic N) is 1. The predicted molar refractivity (Wildman–Crippen MR) is 112 cm³/mol. The molecular formula is C21H34ClN3O2. The number of rotatable bonds is 8. The van der Waals surface area contributed by atoms with Gasteiger partial charge in [0.15, 0.2) is 0 Å². The van der Waals surface area contributed by atoms with E-state index in [-0.39, 0.29) is 30.1 Å². The Kier molecular flexibility index (Phi) is 10.4. The molecule has 0 saturated carbocycles. The molecule has 2 rings (SSSR count). The van der Waals surface area contributed by atoms with Gasteiger partial charge in [-0.05, 0) is 43.3 Å². The number of hydrogen-bond donors (Lipinski definition) is 2. The van der Waals surface area contributed by atoms with Crippen molar-refractivity contribution in [2.24, 2.45) is 11.8 Å². The van der Waals surface area contributed by atoms with Gasteiger partial charge in [-0.3, -0.25) is 9.59 Å². The Morgan fingerprint density at radius 1 is 1.15 bits per heavy atom. The van der Waals surface area contributed by atoms with E-state index in [1.165, 1.54) is 0 Å². The van der Waals surface area contributed by atoms with Gasteiger partial charge in [-0.15, -0.1) is 12.4 Å². The fourth-order valence-corrected chi connectivity index (χ4v) is 3.42.